The molecule has 2 fully saturated rings. The Morgan fingerprint density at radius 1 is 1.04 bits per heavy atom. The largest absolute Gasteiger partial charge is 0.490 e. The first kappa shape index (κ1) is 16.6. The van der Waals surface area contributed by atoms with Gasteiger partial charge in [-0.3, -0.25) is 0 Å². The molecule has 2 atom stereocenters. The Morgan fingerprint density at radius 3 is 2.30 bits per heavy atom. The zero-order chi connectivity index (χ0) is 16.3. The van der Waals surface area contributed by atoms with Gasteiger partial charge in [-0.15, -0.1) is 0 Å². The average Bonchev–Trinajstić information content (AvgIpc) is 3.07. The highest BCUT2D eigenvalue weighted by Crippen LogP contribution is 2.33. The summed E-state index contributed by atoms with van der Waals surface area (Å²) in [6, 6.07) is 5.03. The summed E-state index contributed by atoms with van der Waals surface area (Å²) in [6.07, 6.45) is -1.34. The van der Waals surface area contributed by atoms with E-state index in [1.807, 2.05) is 0 Å². The summed E-state index contributed by atoms with van der Waals surface area (Å²) in [7, 11) is 0. The van der Waals surface area contributed by atoms with Crippen LogP contribution in [0.4, 0.5) is 13.2 Å². The van der Waals surface area contributed by atoms with E-state index < -0.39 is 11.7 Å². The average molecular weight is 329 g/mol. The number of rotatable bonds is 4. The second kappa shape index (κ2) is 7.09. The number of halogens is 3. The number of nitrogens with one attached hydrogen (secondary N) is 1. The minimum Gasteiger partial charge on any atom is -0.490 e. The van der Waals surface area contributed by atoms with Crippen LogP contribution in [0.3, 0.4) is 0 Å². The Morgan fingerprint density at radius 2 is 1.74 bits per heavy atom. The van der Waals surface area contributed by atoms with E-state index in [1.54, 1.807) is 0 Å². The van der Waals surface area contributed by atoms with Crippen LogP contribution < -0.4 is 10.1 Å². The van der Waals surface area contributed by atoms with Crippen LogP contribution in [0.25, 0.3) is 0 Å². The highest BCUT2D eigenvalue weighted by molar-refractivity contribution is 5.29. The molecule has 128 valence electrons. The molecule has 0 radical (unpaired) electrons. The molecule has 3 nitrogen and oxygen atoms in total. The van der Waals surface area contributed by atoms with Gasteiger partial charge in [0.1, 0.15) is 11.9 Å². The molecule has 0 saturated carbocycles. The lowest BCUT2D eigenvalue weighted by molar-refractivity contribution is -0.137. The summed E-state index contributed by atoms with van der Waals surface area (Å²) in [4.78, 5) is 0. The Hall–Kier alpha value is -1.27. The molecule has 0 aliphatic carbocycles. The molecule has 1 N–H and O–H groups in total. The van der Waals surface area contributed by atoms with Crippen molar-refractivity contribution in [2.24, 2.45) is 11.8 Å². The van der Waals surface area contributed by atoms with E-state index in [9.17, 15) is 13.2 Å². The molecule has 3 rings (SSSR count). The third-order valence-corrected chi connectivity index (χ3v) is 4.75. The first-order chi connectivity index (χ1) is 11.0. The zero-order valence-corrected chi connectivity index (χ0v) is 12.9. The molecule has 0 bridgehead atoms. The predicted molar refractivity (Wildman–Crippen MR) is 80.4 cm³/mol. The van der Waals surface area contributed by atoms with Crippen molar-refractivity contribution in [3.05, 3.63) is 29.8 Å². The molecule has 2 aliphatic heterocycles. The van der Waals surface area contributed by atoms with Crippen molar-refractivity contribution in [1.29, 1.82) is 0 Å². The maximum Gasteiger partial charge on any atom is 0.416 e. The Bertz CT molecular complexity index is 492. The molecule has 2 aliphatic rings. The lowest BCUT2D eigenvalue weighted by atomic mass is 9.85. The topological polar surface area (TPSA) is 30.5 Å². The fourth-order valence-electron chi connectivity index (χ4n) is 3.46. The van der Waals surface area contributed by atoms with Crippen molar-refractivity contribution in [1.82, 2.24) is 5.32 Å². The molecule has 0 aromatic heterocycles. The van der Waals surface area contributed by atoms with Gasteiger partial charge in [-0.05, 0) is 50.1 Å². The van der Waals surface area contributed by atoms with Gasteiger partial charge in [-0.25, -0.2) is 0 Å². The summed E-state index contributed by atoms with van der Waals surface area (Å²) in [5.41, 5.74) is -0.644. The minimum absolute atomic E-state index is 0.0330. The molecule has 0 amide bonds. The molecule has 2 saturated heterocycles. The summed E-state index contributed by atoms with van der Waals surface area (Å²) < 4.78 is 49.5. The highest BCUT2D eigenvalue weighted by atomic mass is 19.4. The fraction of sp³-hybridized carbons (Fsp3) is 0.647. The van der Waals surface area contributed by atoms with E-state index >= 15 is 0 Å². The van der Waals surface area contributed by atoms with Gasteiger partial charge in [0.15, 0.2) is 0 Å². The number of hydrogen-bond acceptors (Lipinski definition) is 3. The van der Waals surface area contributed by atoms with E-state index in [4.69, 9.17) is 9.47 Å². The van der Waals surface area contributed by atoms with Gasteiger partial charge in [0.25, 0.3) is 0 Å². The standard InChI is InChI=1S/C17H22F3NO2/c18-17(19,20)14-1-3-15(4-2-14)23-16(13-5-8-21-11-13)12-6-9-22-10-7-12/h1-4,12-13,16,21H,5-11H2/t13-,16?/m0/s1. The zero-order valence-electron chi connectivity index (χ0n) is 12.9. The molecular formula is C17H22F3NO2. The van der Waals surface area contributed by atoms with Crippen molar-refractivity contribution in [3.8, 4) is 5.75 Å². The van der Waals surface area contributed by atoms with Crippen LogP contribution in [-0.4, -0.2) is 32.4 Å². The first-order valence-corrected chi connectivity index (χ1v) is 8.16. The molecule has 23 heavy (non-hydrogen) atoms. The number of alkyl halides is 3. The van der Waals surface area contributed by atoms with Crippen molar-refractivity contribution >= 4 is 0 Å². The Kier molecular flexibility index (Phi) is 5.11. The predicted octanol–water partition coefficient (Wildman–Crippen LogP) is 3.49. The fourth-order valence-corrected chi connectivity index (χ4v) is 3.46. The molecule has 0 spiro atoms. The van der Waals surface area contributed by atoms with Gasteiger partial charge in [0, 0.05) is 31.6 Å². The summed E-state index contributed by atoms with van der Waals surface area (Å²) in [5, 5.41) is 3.35. The van der Waals surface area contributed by atoms with Crippen LogP contribution in [0.5, 0.6) is 5.75 Å². The number of hydrogen-bond donors (Lipinski definition) is 1. The quantitative estimate of drug-likeness (QED) is 0.917. The molecule has 6 heteroatoms. The highest BCUT2D eigenvalue weighted by Gasteiger charge is 2.35. The molecule has 1 aromatic carbocycles. The van der Waals surface area contributed by atoms with Crippen molar-refractivity contribution in [2.75, 3.05) is 26.3 Å². The van der Waals surface area contributed by atoms with Crippen molar-refractivity contribution in [2.45, 2.75) is 31.5 Å². The van der Waals surface area contributed by atoms with Crippen LogP contribution in [0, 0.1) is 11.8 Å². The lowest BCUT2D eigenvalue weighted by Gasteiger charge is -2.34. The smallest absolute Gasteiger partial charge is 0.416 e. The second-order valence-electron chi connectivity index (χ2n) is 6.31. The van der Waals surface area contributed by atoms with Crippen LogP contribution in [0.1, 0.15) is 24.8 Å². The third kappa shape index (κ3) is 4.18. The lowest BCUT2D eigenvalue weighted by Crippen LogP contribution is -2.39. The Balaban J connectivity index is 1.72. The normalized spacial score (nSPS) is 24.6. The van der Waals surface area contributed by atoms with E-state index in [0.717, 1.165) is 57.7 Å². The van der Waals surface area contributed by atoms with Gasteiger partial charge >= 0.3 is 6.18 Å². The van der Waals surface area contributed by atoms with Crippen molar-refractivity contribution < 1.29 is 22.6 Å². The maximum atomic E-state index is 12.7. The van der Waals surface area contributed by atoms with Gasteiger partial charge in [-0.1, -0.05) is 0 Å². The Labute approximate surface area is 134 Å². The van der Waals surface area contributed by atoms with Gasteiger partial charge < -0.3 is 14.8 Å². The number of ether oxygens (including phenoxy) is 2. The van der Waals surface area contributed by atoms with E-state index in [0.29, 0.717) is 17.6 Å². The van der Waals surface area contributed by atoms with Gasteiger partial charge in [0.2, 0.25) is 0 Å². The molecular weight excluding hydrogens is 307 g/mol. The minimum atomic E-state index is -4.31. The van der Waals surface area contributed by atoms with Gasteiger partial charge in [-0.2, -0.15) is 13.2 Å². The summed E-state index contributed by atoms with van der Waals surface area (Å²) in [5.74, 6) is 1.32. The van der Waals surface area contributed by atoms with Crippen LogP contribution in [0.2, 0.25) is 0 Å². The molecule has 1 unspecified atom stereocenters. The summed E-state index contributed by atoms with van der Waals surface area (Å²) in [6.45, 7) is 3.35. The van der Waals surface area contributed by atoms with Crippen molar-refractivity contribution in [3.63, 3.8) is 0 Å². The SMILES string of the molecule is FC(F)(F)c1ccc(OC(C2CCOCC2)[C@H]2CCNC2)cc1. The second-order valence-corrected chi connectivity index (χ2v) is 6.31. The van der Waals surface area contributed by atoms with Gasteiger partial charge in [0.05, 0.1) is 5.56 Å². The monoisotopic (exact) mass is 329 g/mol. The number of benzene rings is 1. The third-order valence-electron chi connectivity index (χ3n) is 4.75. The summed E-state index contributed by atoms with van der Waals surface area (Å²) >= 11 is 0. The van der Waals surface area contributed by atoms with Crippen LogP contribution in [0.15, 0.2) is 24.3 Å². The van der Waals surface area contributed by atoms with Crippen LogP contribution >= 0.6 is 0 Å². The molecule has 2 heterocycles. The van der Waals surface area contributed by atoms with E-state index in [2.05, 4.69) is 5.32 Å². The van der Waals surface area contributed by atoms with E-state index in [1.165, 1.54) is 12.1 Å². The van der Waals surface area contributed by atoms with Crippen LogP contribution in [-0.2, 0) is 10.9 Å². The van der Waals surface area contributed by atoms with E-state index in [-0.39, 0.29) is 6.10 Å². The maximum absolute atomic E-state index is 12.7. The first-order valence-electron chi connectivity index (χ1n) is 8.16. The molecule has 1 aromatic rings.